The van der Waals surface area contributed by atoms with Gasteiger partial charge in [-0.2, -0.15) is 4.59 Å². The van der Waals surface area contributed by atoms with Crippen molar-refractivity contribution in [1.29, 1.82) is 0 Å². The van der Waals surface area contributed by atoms with Crippen LogP contribution in [0.4, 0.5) is 0 Å². The number of hydrogen-bond donors (Lipinski definition) is 1. The van der Waals surface area contributed by atoms with E-state index in [2.05, 4.69) is 17.0 Å². The normalized spacial score (nSPS) is 34.3. The van der Waals surface area contributed by atoms with Crippen LogP contribution < -0.4 is 5.32 Å². The second-order valence-corrected chi connectivity index (χ2v) is 2.31. The van der Waals surface area contributed by atoms with Crippen molar-refractivity contribution in [3.05, 3.63) is 12.8 Å². The molecule has 3 heteroatoms. The Labute approximate surface area is 55.3 Å². The van der Waals surface area contributed by atoms with Gasteiger partial charge in [-0.05, 0) is 6.58 Å². The van der Waals surface area contributed by atoms with E-state index in [-0.39, 0.29) is 0 Å². The first kappa shape index (κ1) is 6.45. The quantitative estimate of drug-likeness (QED) is 0.496. The third kappa shape index (κ3) is 1.37. The third-order valence-corrected chi connectivity index (χ3v) is 1.41. The summed E-state index contributed by atoms with van der Waals surface area (Å²) in [6, 6.07) is 0. The third-order valence-electron chi connectivity index (χ3n) is 1.41. The monoisotopic (exact) mass is 126 g/mol. The van der Waals surface area contributed by atoms with Gasteiger partial charge < -0.3 is 0 Å². The molecule has 0 radical (unpaired) electrons. The fourth-order valence-corrected chi connectivity index (χ4v) is 0.735. The lowest BCUT2D eigenvalue weighted by atomic mass is 10.6. The Hall–Kier alpha value is -0.670. The molecule has 0 amide bonds. The van der Waals surface area contributed by atoms with Gasteiger partial charge in [0.2, 0.25) is 0 Å². The van der Waals surface area contributed by atoms with Crippen LogP contribution in [0.15, 0.2) is 17.9 Å². The Balaban J connectivity index is 2.67. The maximum atomic E-state index is 4.21. The summed E-state index contributed by atoms with van der Waals surface area (Å²) in [5, 5.41) is 7.39. The highest BCUT2D eigenvalue weighted by Crippen LogP contribution is 2.02. The van der Waals surface area contributed by atoms with Crippen molar-refractivity contribution in [2.24, 2.45) is 5.10 Å². The van der Waals surface area contributed by atoms with Gasteiger partial charge in [-0.25, -0.2) is 0 Å². The van der Waals surface area contributed by atoms with Gasteiger partial charge in [0.15, 0.2) is 6.67 Å². The Morgan fingerprint density at radius 3 is 3.00 bits per heavy atom. The van der Waals surface area contributed by atoms with E-state index in [1.165, 1.54) is 0 Å². The summed E-state index contributed by atoms with van der Waals surface area (Å²) in [4.78, 5) is 0. The van der Waals surface area contributed by atoms with Crippen LogP contribution in [0.3, 0.4) is 0 Å². The summed E-state index contributed by atoms with van der Waals surface area (Å²) in [6.07, 6.45) is 3.67. The Bertz CT molecular complexity index is 141. The standard InChI is InChI=1S/C6H12N3/c1-3-9(2)6-7-4-5-8-9/h3,5,7H,1,4,6H2,2H3/q+1. The lowest BCUT2D eigenvalue weighted by Gasteiger charge is -2.25. The number of nitrogens with one attached hydrogen (secondary N) is 1. The van der Waals surface area contributed by atoms with Crippen LogP contribution in [0.25, 0.3) is 0 Å². The fourth-order valence-electron chi connectivity index (χ4n) is 0.735. The molecule has 0 bridgehead atoms. The van der Waals surface area contributed by atoms with Crippen LogP contribution in [0.1, 0.15) is 0 Å². The molecule has 1 aliphatic heterocycles. The largest absolute Gasteiger partial charge is 0.263 e. The number of rotatable bonds is 1. The van der Waals surface area contributed by atoms with Crippen LogP contribution in [0.5, 0.6) is 0 Å². The second-order valence-electron chi connectivity index (χ2n) is 2.31. The number of quaternary nitrogens is 1. The van der Waals surface area contributed by atoms with Gasteiger partial charge in [0, 0.05) is 6.54 Å². The molecule has 0 aromatic carbocycles. The first-order valence-corrected chi connectivity index (χ1v) is 3.00. The van der Waals surface area contributed by atoms with Gasteiger partial charge in [0.1, 0.15) is 6.20 Å². The van der Waals surface area contributed by atoms with E-state index in [4.69, 9.17) is 0 Å². The van der Waals surface area contributed by atoms with Gasteiger partial charge in [-0.1, -0.05) is 5.10 Å². The highest BCUT2D eigenvalue weighted by Gasteiger charge is 2.17. The Kier molecular flexibility index (Phi) is 1.64. The lowest BCUT2D eigenvalue weighted by Crippen LogP contribution is -2.45. The number of hydrogen-bond acceptors (Lipinski definition) is 2. The van der Waals surface area contributed by atoms with Crippen molar-refractivity contribution in [2.45, 2.75) is 0 Å². The molecule has 0 aromatic heterocycles. The second kappa shape index (κ2) is 2.29. The minimum atomic E-state index is 0.542. The summed E-state index contributed by atoms with van der Waals surface area (Å²) < 4.78 is 0.542. The summed E-state index contributed by atoms with van der Waals surface area (Å²) in [7, 11) is 2.00. The van der Waals surface area contributed by atoms with Gasteiger partial charge in [-0.15, -0.1) is 0 Å². The topological polar surface area (TPSA) is 24.4 Å². The molecule has 1 N–H and O–H groups in total. The maximum absolute atomic E-state index is 4.21. The van der Waals surface area contributed by atoms with Gasteiger partial charge >= 0.3 is 0 Å². The van der Waals surface area contributed by atoms with E-state index in [0.717, 1.165) is 13.2 Å². The SMILES string of the molecule is C=C[N+]1(C)CNCC=N1. The minimum absolute atomic E-state index is 0.542. The van der Waals surface area contributed by atoms with Gasteiger partial charge in [-0.3, -0.25) is 5.32 Å². The summed E-state index contributed by atoms with van der Waals surface area (Å²) in [6.45, 7) is 5.40. The zero-order valence-corrected chi connectivity index (χ0v) is 5.67. The molecule has 0 saturated carbocycles. The van der Waals surface area contributed by atoms with E-state index in [1.54, 1.807) is 0 Å². The molecule has 0 spiro atoms. The molecular formula is C6H12N3+. The lowest BCUT2D eigenvalue weighted by molar-refractivity contribution is -0.870. The zero-order chi connectivity index (χ0) is 6.74. The summed E-state index contributed by atoms with van der Waals surface area (Å²) in [5.41, 5.74) is 0. The molecule has 1 atom stereocenters. The predicted molar refractivity (Wildman–Crippen MR) is 37.7 cm³/mol. The number of nitrogens with zero attached hydrogens (tertiary/aromatic N) is 2. The van der Waals surface area contributed by atoms with Crippen LogP contribution in [0.2, 0.25) is 0 Å². The molecule has 1 rings (SSSR count). The minimum Gasteiger partial charge on any atom is -0.263 e. The summed E-state index contributed by atoms with van der Waals surface area (Å²) >= 11 is 0. The van der Waals surface area contributed by atoms with E-state index in [9.17, 15) is 0 Å². The first-order valence-electron chi connectivity index (χ1n) is 3.00. The van der Waals surface area contributed by atoms with Crippen molar-refractivity contribution in [3.63, 3.8) is 0 Å². The van der Waals surface area contributed by atoms with Crippen LogP contribution in [-0.2, 0) is 0 Å². The summed E-state index contributed by atoms with van der Waals surface area (Å²) in [5.74, 6) is 0. The molecule has 0 aromatic rings. The average molecular weight is 126 g/mol. The molecule has 9 heavy (non-hydrogen) atoms. The first-order chi connectivity index (χ1) is 4.27. The molecule has 1 heterocycles. The van der Waals surface area contributed by atoms with Crippen molar-refractivity contribution >= 4 is 6.21 Å². The Morgan fingerprint density at radius 1 is 1.89 bits per heavy atom. The highest BCUT2D eigenvalue weighted by molar-refractivity contribution is 5.59. The van der Waals surface area contributed by atoms with E-state index in [1.807, 2.05) is 19.5 Å². The molecule has 50 valence electrons. The molecule has 0 aliphatic carbocycles. The molecule has 0 saturated heterocycles. The van der Waals surface area contributed by atoms with Crippen LogP contribution in [0, 0.1) is 0 Å². The van der Waals surface area contributed by atoms with E-state index >= 15 is 0 Å². The van der Waals surface area contributed by atoms with Crippen LogP contribution in [-0.4, -0.2) is 31.1 Å². The van der Waals surface area contributed by atoms with Crippen molar-refractivity contribution in [1.82, 2.24) is 5.32 Å². The molecular weight excluding hydrogens is 114 g/mol. The van der Waals surface area contributed by atoms with Gasteiger partial charge in [0.05, 0.1) is 13.3 Å². The highest BCUT2D eigenvalue weighted by atomic mass is 15.6. The average Bonchev–Trinajstić information content (AvgIpc) is 1.90. The van der Waals surface area contributed by atoms with E-state index < -0.39 is 0 Å². The zero-order valence-electron chi connectivity index (χ0n) is 5.67. The van der Waals surface area contributed by atoms with Gasteiger partial charge in [0.25, 0.3) is 0 Å². The smallest absolute Gasteiger partial charge is 0.161 e. The van der Waals surface area contributed by atoms with Crippen molar-refractivity contribution in [3.8, 4) is 0 Å². The fraction of sp³-hybridized carbons (Fsp3) is 0.500. The molecule has 1 aliphatic rings. The molecule has 0 fully saturated rings. The maximum Gasteiger partial charge on any atom is 0.161 e. The van der Waals surface area contributed by atoms with Crippen LogP contribution >= 0.6 is 0 Å². The molecule has 3 nitrogen and oxygen atoms in total. The van der Waals surface area contributed by atoms with Crippen molar-refractivity contribution < 1.29 is 4.59 Å². The van der Waals surface area contributed by atoms with E-state index in [0.29, 0.717) is 4.59 Å². The predicted octanol–water partition coefficient (Wildman–Crippen LogP) is 0.123. The van der Waals surface area contributed by atoms with Crippen molar-refractivity contribution in [2.75, 3.05) is 20.3 Å². The Morgan fingerprint density at radius 2 is 2.67 bits per heavy atom. The molecule has 1 unspecified atom stereocenters.